The first kappa shape index (κ1) is 11.2. The molecule has 0 aliphatic carbocycles. The summed E-state index contributed by atoms with van der Waals surface area (Å²) in [6.07, 6.45) is 8.14. The Kier molecular flexibility index (Phi) is 5.30. The molecule has 0 radical (unpaired) electrons. The zero-order valence-electron chi connectivity index (χ0n) is 8.28. The van der Waals surface area contributed by atoms with E-state index in [-0.39, 0.29) is 21.2 Å². The van der Waals surface area contributed by atoms with Crippen molar-refractivity contribution in [3.8, 4) is 0 Å². The van der Waals surface area contributed by atoms with Crippen molar-refractivity contribution in [2.45, 2.75) is 6.92 Å². The second-order valence-electron chi connectivity index (χ2n) is 2.66. The van der Waals surface area contributed by atoms with E-state index < -0.39 is 0 Å². The Labute approximate surface area is 96.3 Å². The van der Waals surface area contributed by atoms with Crippen LogP contribution in [0.3, 0.4) is 0 Å². The van der Waals surface area contributed by atoms with Crippen molar-refractivity contribution < 1.29 is 21.2 Å². The van der Waals surface area contributed by atoms with E-state index in [0.29, 0.717) is 0 Å². The second-order valence-corrected chi connectivity index (χ2v) is 5.69. The Balaban J connectivity index is 2.67. The van der Waals surface area contributed by atoms with Gasteiger partial charge in [-0.25, -0.2) is 0 Å². The molecule has 0 atom stereocenters. The van der Waals surface area contributed by atoms with Gasteiger partial charge < -0.3 is 0 Å². The van der Waals surface area contributed by atoms with E-state index in [1.165, 1.54) is 7.15 Å². The molecular formula is C13H14I-. The topological polar surface area (TPSA) is 0 Å². The third-order valence-corrected chi connectivity index (χ3v) is 4.57. The second kappa shape index (κ2) is 6.60. The maximum atomic E-state index is 3.67. The van der Waals surface area contributed by atoms with Crippen LogP contribution in [0.4, 0.5) is 0 Å². The third-order valence-electron chi connectivity index (χ3n) is 1.62. The zero-order valence-corrected chi connectivity index (χ0v) is 10.4. The van der Waals surface area contributed by atoms with Crippen LogP contribution in [0.5, 0.6) is 0 Å². The molecule has 14 heavy (non-hydrogen) atoms. The van der Waals surface area contributed by atoms with Crippen LogP contribution in [-0.2, 0) is 0 Å². The Morgan fingerprint density at radius 1 is 1.29 bits per heavy atom. The van der Waals surface area contributed by atoms with E-state index in [1.54, 1.807) is 0 Å². The predicted octanol–water partition coefficient (Wildman–Crippen LogP) is 0.591. The van der Waals surface area contributed by atoms with Gasteiger partial charge in [-0.05, 0) is 0 Å². The van der Waals surface area contributed by atoms with Crippen LogP contribution < -0.4 is 21.2 Å². The van der Waals surface area contributed by atoms with Gasteiger partial charge in [0.2, 0.25) is 0 Å². The van der Waals surface area contributed by atoms with Crippen LogP contribution in [0.15, 0.2) is 64.8 Å². The van der Waals surface area contributed by atoms with Gasteiger partial charge in [0.15, 0.2) is 0 Å². The number of rotatable bonds is 4. The van der Waals surface area contributed by atoms with E-state index >= 15 is 0 Å². The molecular weight excluding hydrogens is 283 g/mol. The molecule has 74 valence electrons. The van der Waals surface area contributed by atoms with Crippen LogP contribution in [0, 0.1) is 3.57 Å². The average molecular weight is 297 g/mol. The summed E-state index contributed by atoms with van der Waals surface area (Å²) < 4.78 is 2.88. The summed E-state index contributed by atoms with van der Waals surface area (Å²) in [5, 5.41) is 0. The fourth-order valence-corrected chi connectivity index (χ4v) is 3.14. The number of hydrogen-bond acceptors (Lipinski definition) is 0. The summed E-state index contributed by atoms with van der Waals surface area (Å²) in [6.45, 7) is 5.76. The third kappa shape index (κ3) is 3.92. The van der Waals surface area contributed by atoms with Crippen LogP contribution in [0.1, 0.15) is 6.92 Å². The van der Waals surface area contributed by atoms with Gasteiger partial charge in [0.1, 0.15) is 0 Å². The van der Waals surface area contributed by atoms with Crippen molar-refractivity contribution >= 4 is 0 Å². The van der Waals surface area contributed by atoms with Crippen molar-refractivity contribution in [1.29, 1.82) is 0 Å². The molecule has 1 heteroatoms. The first-order chi connectivity index (χ1) is 6.86. The van der Waals surface area contributed by atoms with Crippen molar-refractivity contribution in [2.24, 2.45) is 0 Å². The van der Waals surface area contributed by atoms with Gasteiger partial charge in [0, 0.05) is 0 Å². The Morgan fingerprint density at radius 2 is 2.00 bits per heavy atom. The molecule has 0 aromatic heterocycles. The van der Waals surface area contributed by atoms with Gasteiger partial charge in [-0.3, -0.25) is 0 Å². The molecule has 0 aliphatic rings. The molecule has 0 N–H and O–H groups in total. The molecule has 1 aromatic rings. The van der Waals surface area contributed by atoms with Crippen molar-refractivity contribution in [3.63, 3.8) is 0 Å². The normalized spacial score (nSPS) is 12.2. The Morgan fingerprint density at radius 3 is 2.57 bits per heavy atom. The Bertz CT molecular complexity index is 334. The summed E-state index contributed by atoms with van der Waals surface area (Å²) in [4.78, 5) is 0. The van der Waals surface area contributed by atoms with E-state index in [0.717, 1.165) is 0 Å². The molecule has 1 aromatic carbocycles. The average Bonchev–Trinajstić information content (AvgIpc) is 2.25. The summed E-state index contributed by atoms with van der Waals surface area (Å²) in [6, 6.07) is 10.6. The van der Waals surface area contributed by atoms with E-state index in [9.17, 15) is 0 Å². The first-order valence-electron chi connectivity index (χ1n) is 4.52. The number of hydrogen-bond donors (Lipinski definition) is 0. The SMILES string of the molecule is C=C/C=C\C(=C/C)[I-]c1ccccc1. The van der Waals surface area contributed by atoms with Gasteiger partial charge >= 0.3 is 96.5 Å². The molecule has 0 fully saturated rings. The molecule has 0 spiro atoms. The quantitative estimate of drug-likeness (QED) is 0.564. The Hall–Kier alpha value is -0.830. The molecule has 0 bridgehead atoms. The van der Waals surface area contributed by atoms with Gasteiger partial charge in [0.25, 0.3) is 0 Å². The monoisotopic (exact) mass is 297 g/mol. The van der Waals surface area contributed by atoms with E-state index in [1.807, 2.05) is 12.2 Å². The minimum absolute atomic E-state index is 0.0252. The standard InChI is InChI=1S/C13H14I/c1-3-5-9-12(4-2)14-13-10-7-6-8-11-13/h3-11H,1H2,2H3/q-1/b9-5-,12-4+. The maximum absolute atomic E-state index is 3.67. The predicted molar refractivity (Wildman–Crippen MR) is 58.2 cm³/mol. The summed E-state index contributed by atoms with van der Waals surface area (Å²) in [5.74, 6) is 0. The first-order valence-corrected chi connectivity index (χ1v) is 6.68. The molecule has 0 nitrogen and oxygen atoms in total. The van der Waals surface area contributed by atoms with Gasteiger partial charge in [0.05, 0.1) is 0 Å². The van der Waals surface area contributed by atoms with Crippen molar-refractivity contribution in [3.05, 3.63) is 68.4 Å². The van der Waals surface area contributed by atoms with Crippen LogP contribution in [0.2, 0.25) is 0 Å². The number of allylic oxidation sites excluding steroid dienone is 5. The van der Waals surface area contributed by atoms with Crippen LogP contribution in [0.25, 0.3) is 0 Å². The zero-order chi connectivity index (χ0) is 10.2. The fraction of sp³-hybridized carbons (Fsp3) is 0.0769. The van der Waals surface area contributed by atoms with E-state index in [2.05, 4.69) is 56.0 Å². The molecule has 0 heterocycles. The van der Waals surface area contributed by atoms with Gasteiger partial charge in [-0.1, -0.05) is 0 Å². The van der Waals surface area contributed by atoms with Crippen molar-refractivity contribution in [1.82, 2.24) is 0 Å². The molecule has 1 rings (SSSR count). The summed E-state index contributed by atoms with van der Waals surface area (Å²) in [7, 11) is 0. The number of benzene rings is 1. The molecule has 0 amide bonds. The molecule has 0 unspecified atom stereocenters. The van der Waals surface area contributed by atoms with E-state index in [4.69, 9.17) is 0 Å². The molecule has 0 saturated carbocycles. The van der Waals surface area contributed by atoms with Crippen LogP contribution >= 0.6 is 0 Å². The molecule has 0 aliphatic heterocycles. The fourth-order valence-electron chi connectivity index (χ4n) is 0.946. The van der Waals surface area contributed by atoms with Gasteiger partial charge in [-0.2, -0.15) is 0 Å². The minimum atomic E-state index is -0.0252. The van der Waals surface area contributed by atoms with Crippen LogP contribution in [-0.4, -0.2) is 0 Å². The summed E-state index contributed by atoms with van der Waals surface area (Å²) >= 11 is -0.0252. The van der Waals surface area contributed by atoms with Gasteiger partial charge in [-0.15, -0.1) is 0 Å². The van der Waals surface area contributed by atoms with Crippen molar-refractivity contribution in [2.75, 3.05) is 0 Å². The number of halogens is 1. The summed E-state index contributed by atoms with van der Waals surface area (Å²) in [5.41, 5.74) is 0. The molecule has 0 saturated heterocycles.